The second kappa shape index (κ2) is 7.53. The first-order chi connectivity index (χ1) is 11.6. The van der Waals surface area contributed by atoms with Crippen molar-refractivity contribution in [2.24, 2.45) is 0 Å². The second-order valence-electron chi connectivity index (χ2n) is 7.05. The van der Waals surface area contributed by atoms with Crippen LogP contribution in [0.15, 0.2) is 24.3 Å². The minimum atomic E-state index is -1.13. The highest BCUT2D eigenvalue weighted by Gasteiger charge is 2.43. The van der Waals surface area contributed by atoms with Crippen LogP contribution in [-0.4, -0.2) is 53.8 Å². The minimum Gasteiger partial charge on any atom is -0.490 e. The average molecular weight is 332 g/mol. The van der Waals surface area contributed by atoms with Gasteiger partial charge in [-0.25, -0.2) is 0 Å². The third-order valence-electron chi connectivity index (χ3n) is 5.49. The van der Waals surface area contributed by atoms with Crippen molar-refractivity contribution in [3.05, 3.63) is 29.8 Å². The first-order valence-electron chi connectivity index (χ1n) is 9.00. The molecule has 0 saturated carbocycles. The van der Waals surface area contributed by atoms with E-state index in [2.05, 4.69) is 10.2 Å². The topological polar surface area (TPSA) is 61.8 Å². The van der Waals surface area contributed by atoms with Gasteiger partial charge >= 0.3 is 0 Å². The average Bonchev–Trinajstić information content (AvgIpc) is 3.13. The smallest absolute Gasteiger partial charge is 0.252 e. The summed E-state index contributed by atoms with van der Waals surface area (Å²) in [7, 11) is 0. The fourth-order valence-electron chi connectivity index (χ4n) is 4.13. The van der Waals surface area contributed by atoms with Crippen LogP contribution in [0.3, 0.4) is 0 Å². The molecule has 2 fully saturated rings. The number of amides is 1. The molecule has 0 spiro atoms. The van der Waals surface area contributed by atoms with Crippen LogP contribution in [0.25, 0.3) is 0 Å². The Morgan fingerprint density at radius 3 is 2.75 bits per heavy atom. The molecule has 3 rings (SSSR count). The fraction of sp³-hybridized carbons (Fsp3) is 0.632. The van der Waals surface area contributed by atoms with E-state index in [9.17, 15) is 9.90 Å². The lowest BCUT2D eigenvalue weighted by Crippen LogP contribution is -2.44. The molecule has 0 aromatic heterocycles. The number of hydrogen-bond donors (Lipinski definition) is 2. The molecule has 24 heavy (non-hydrogen) atoms. The van der Waals surface area contributed by atoms with Gasteiger partial charge in [-0.15, -0.1) is 0 Å². The predicted octanol–water partition coefficient (Wildman–Crippen LogP) is 1.87. The number of rotatable bonds is 7. The molecule has 132 valence electrons. The number of benzene rings is 1. The third kappa shape index (κ3) is 3.73. The Hall–Kier alpha value is -1.59. The minimum absolute atomic E-state index is 0.0199. The summed E-state index contributed by atoms with van der Waals surface area (Å²) in [6.45, 7) is 4.93. The van der Waals surface area contributed by atoms with Gasteiger partial charge in [0.2, 0.25) is 0 Å². The largest absolute Gasteiger partial charge is 0.490 e. The van der Waals surface area contributed by atoms with Gasteiger partial charge in [-0.1, -0.05) is 18.2 Å². The summed E-state index contributed by atoms with van der Waals surface area (Å²) in [4.78, 5) is 14.6. The van der Waals surface area contributed by atoms with E-state index < -0.39 is 6.10 Å². The first-order valence-corrected chi connectivity index (χ1v) is 9.00. The lowest BCUT2D eigenvalue weighted by Gasteiger charge is -2.32. The van der Waals surface area contributed by atoms with Gasteiger partial charge in [0.15, 0.2) is 6.10 Å². The number of hydrogen-bond acceptors (Lipinski definition) is 4. The number of nitrogens with one attached hydrogen (secondary N) is 1. The fourth-order valence-corrected chi connectivity index (χ4v) is 4.13. The van der Waals surface area contributed by atoms with E-state index in [0.29, 0.717) is 17.8 Å². The first kappa shape index (κ1) is 17.2. The van der Waals surface area contributed by atoms with Crippen molar-refractivity contribution in [2.45, 2.75) is 50.7 Å². The molecule has 2 saturated heterocycles. The van der Waals surface area contributed by atoms with E-state index in [-0.39, 0.29) is 12.5 Å². The zero-order chi connectivity index (χ0) is 17.0. The van der Waals surface area contributed by atoms with E-state index in [1.54, 1.807) is 0 Å². The third-order valence-corrected chi connectivity index (χ3v) is 5.49. The summed E-state index contributed by atoms with van der Waals surface area (Å²) < 4.78 is 5.55. The lowest BCUT2D eigenvalue weighted by atomic mass is 9.90. The van der Waals surface area contributed by atoms with Gasteiger partial charge in [0.05, 0.1) is 0 Å². The Morgan fingerprint density at radius 1 is 1.33 bits per heavy atom. The number of nitrogens with zero attached hydrogens (tertiary/aromatic N) is 1. The van der Waals surface area contributed by atoms with Gasteiger partial charge in [0.1, 0.15) is 12.4 Å². The number of fused-ring (bicyclic) bond motifs is 1. The molecular weight excluding hydrogens is 304 g/mol. The van der Waals surface area contributed by atoms with E-state index in [1.807, 2.05) is 31.2 Å². The summed E-state index contributed by atoms with van der Waals surface area (Å²) in [5.74, 6) is 0.360. The number of aryl methyl sites for hydroxylation is 1. The molecule has 5 heteroatoms. The summed E-state index contributed by atoms with van der Waals surface area (Å²) >= 11 is 0. The molecule has 5 nitrogen and oxygen atoms in total. The van der Waals surface area contributed by atoms with Crippen LogP contribution >= 0.6 is 0 Å². The van der Waals surface area contributed by atoms with E-state index in [1.165, 1.54) is 38.8 Å². The number of carbonyl (C=O) groups is 1. The van der Waals surface area contributed by atoms with Crippen molar-refractivity contribution in [3.8, 4) is 5.75 Å². The van der Waals surface area contributed by atoms with Crippen LogP contribution in [0.5, 0.6) is 5.75 Å². The maximum Gasteiger partial charge on any atom is 0.252 e. The highest BCUT2D eigenvalue weighted by molar-refractivity contribution is 5.80. The van der Waals surface area contributed by atoms with Crippen molar-refractivity contribution in [3.63, 3.8) is 0 Å². The standard InChI is InChI=1S/C19H28N2O3/c1-15-6-2-3-7-17(15)24-14-16(22)18(23)20-11-10-19-8-4-12-21(19)13-5-9-19/h2-3,6-7,16,22H,4-5,8-14H2,1H3,(H,20,23)/t16-/m1/s1. The normalized spacial score (nSPS) is 20.6. The molecule has 2 aliphatic heterocycles. The Labute approximate surface area is 144 Å². The Balaban J connectivity index is 1.41. The van der Waals surface area contributed by atoms with Crippen molar-refractivity contribution in [1.82, 2.24) is 10.2 Å². The molecule has 0 radical (unpaired) electrons. The predicted molar refractivity (Wildman–Crippen MR) is 93.1 cm³/mol. The van der Waals surface area contributed by atoms with Gasteiger partial charge in [0.25, 0.3) is 5.91 Å². The number of aliphatic hydroxyl groups is 1. The van der Waals surface area contributed by atoms with Gasteiger partial charge in [-0.3, -0.25) is 9.69 Å². The van der Waals surface area contributed by atoms with E-state index in [0.717, 1.165) is 12.0 Å². The number of para-hydroxylation sites is 1. The van der Waals surface area contributed by atoms with Gasteiger partial charge in [0, 0.05) is 12.1 Å². The zero-order valence-electron chi connectivity index (χ0n) is 14.5. The molecule has 2 aliphatic rings. The molecule has 1 aromatic rings. The molecule has 0 aliphatic carbocycles. The van der Waals surface area contributed by atoms with E-state index in [4.69, 9.17) is 4.74 Å². The maximum absolute atomic E-state index is 12.1. The number of carbonyl (C=O) groups excluding carboxylic acids is 1. The van der Waals surface area contributed by atoms with Crippen LogP contribution in [0.1, 0.15) is 37.7 Å². The van der Waals surface area contributed by atoms with E-state index >= 15 is 0 Å². The van der Waals surface area contributed by atoms with Crippen molar-refractivity contribution >= 4 is 5.91 Å². The molecule has 0 unspecified atom stereocenters. The molecule has 2 N–H and O–H groups in total. The molecule has 0 bridgehead atoms. The van der Waals surface area contributed by atoms with Gasteiger partial charge in [-0.2, -0.15) is 0 Å². The Kier molecular flexibility index (Phi) is 5.41. The SMILES string of the molecule is Cc1ccccc1OC[C@@H](O)C(=O)NCCC12CCCN1CCC2. The van der Waals surface area contributed by atoms with Crippen LogP contribution in [0.2, 0.25) is 0 Å². The van der Waals surface area contributed by atoms with Gasteiger partial charge < -0.3 is 15.2 Å². The van der Waals surface area contributed by atoms with Crippen LogP contribution in [0.4, 0.5) is 0 Å². The summed E-state index contributed by atoms with van der Waals surface area (Å²) in [5, 5.41) is 12.9. The lowest BCUT2D eigenvalue weighted by molar-refractivity contribution is -0.130. The van der Waals surface area contributed by atoms with Crippen LogP contribution < -0.4 is 10.1 Å². The van der Waals surface area contributed by atoms with Crippen molar-refractivity contribution < 1.29 is 14.6 Å². The zero-order valence-corrected chi connectivity index (χ0v) is 14.5. The molecule has 1 atom stereocenters. The highest BCUT2D eigenvalue weighted by atomic mass is 16.5. The molecule has 2 heterocycles. The number of ether oxygens (including phenoxy) is 1. The van der Waals surface area contributed by atoms with Crippen LogP contribution in [-0.2, 0) is 4.79 Å². The molecule has 1 aromatic carbocycles. The molecule has 1 amide bonds. The quantitative estimate of drug-likeness (QED) is 0.800. The molecular formula is C19H28N2O3. The maximum atomic E-state index is 12.1. The Bertz CT molecular complexity index is 565. The summed E-state index contributed by atoms with van der Waals surface area (Å²) in [5.41, 5.74) is 1.29. The van der Waals surface area contributed by atoms with Crippen molar-refractivity contribution in [1.29, 1.82) is 0 Å². The highest BCUT2D eigenvalue weighted by Crippen LogP contribution is 2.40. The van der Waals surface area contributed by atoms with Gasteiger partial charge in [-0.05, 0) is 63.7 Å². The monoisotopic (exact) mass is 332 g/mol. The Morgan fingerprint density at radius 2 is 2.04 bits per heavy atom. The van der Waals surface area contributed by atoms with Crippen molar-refractivity contribution in [2.75, 3.05) is 26.2 Å². The number of aliphatic hydroxyl groups excluding tert-OH is 1. The summed E-state index contributed by atoms with van der Waals surface area (Å²) in [6, 6.07) is 7.59. The van der Waals surface area contributed by atoms with Crippen LogP contribution in [0, 0.1) is 6.92 Å². The summed E-state index contributed by atoms with van der Waals surface area (Å²) in [6.07, 6.45) is 4.85. The second-order valence-corrected chi connectivity index (χ2v) is 7.05.